The summed E-state index contributed by atoms with van der Waals surface area (Å²) in [5.41, 5.74) is 2.28. The number of aromatic carboxylic acids is 1. The molecule has 0 bridgehead atoms. The smallest absolute Gasteiger partial charge is 0.352 e. The van der Waals surface area contributed by atoms with Crippen molar-refractivity contribution >= 4 is 5.97 Å². The minimum absolute atomic E-state index is 0.161. The molecule has 0 unspecified atom stereocenters. The summed E-state index contributed by atoms with van der Waals surface area (Å²) in [6.45, 7) is 3.81. The summed E-state index contributed by atoms with van der Waals surface area (Å²) in [6, 6.07) is 7.10. The Morgan fingerprint density at radius 3 is 2.67 bits per heavy atom. The van der Waals surface area contributed by atoms with Gasteiger partial charge in [-0.15, -0.1) is 0 Å². The fourth-order valence-electron chi connectivity index (χ4n) is 1.72. The molecule has 1 aromatic carbocycles. The number of benzene rings is 1. The Bertz CT molecular complexity index is 674. The second-order valence-corrected chi connectivity index (χ2v) is 4.11. The van der Waals surface area contributed by atoms with Gasteiger partial charge >= 0.3 is 11.7 Å². The number of hydrogen-bond donors (Lipinski definition) is 2. The Morgan fingerprint density at radius 2 is 2.00 bits per heavy atom. The summed E-state index contributed by atoms with van der Waals surface area (Å²) in [7, 11) is 0. The average molecular weight is 244 g/mol. The summed E-state index contributed by atoms with van der Waals surface area (Å²) in [5.74, 6) is -1.18. The van der Waals surface area contributed by atoms with Gasteiger partial charge in [-0.2, -0.15) is 4.98 Å². The minimum Gasteiger partial charge on any atom is -0.477 e. The molecule has 0 radical (unpaired) electrons. The molecule has 0 fully saturated rings. The highest BCUT2D eigenvalue weighted by molar-refractivity contribution is 5.86. The van der Waals surface area contributed by atoms with E-state index in [1.807, 2.05) is 32.0 Å². The molecule has 0 aliphatic rings. The second-order valence-electron chi connectivity index (χ2n) is 4.11. The van der Waals surface area contributed by atoms with Crippen molar-refractivity contribution in [3.05, 3.63) is 51.6 Å². The number of carboxylic acid groups (broad SMARTS) is 1. The largest absolute Gasteiger partial charge is 0.477 e. The van der Waals surface area contributed by atoms with Crippen LogP contribution in [0.4, 0.5) is 0 Å². The maximum absolute atomic E-state index is 11.4. The number of carboxylic acids is 1. The van der Waals surface area contributed by atoms with E-state index in [9.17, 15) is 9.59 Å². The molecule has 0 atom stereocenters. The first kappa shape index (κ1) is 12.0. The number of aryl methyl sites for hydroxylation is 2. The van der Waals surface area contributed by atoms with Crippen LogP contribution in [0.25, 0.3) is 11.3 Å². The number of carbonyl (C=O) groups is 1. The molecule has 5 heteroatoms. The van der Waals surface area contributed by atoms with E-state index in [0.29, 0.717) is 5.69 Å². The van der Waals surface area contributed by atoms with Gasteiger partial charge in [-0.1, -0.05) is 17.7 Å². The highest BCUT2D eigenvalue weighted by Crippen LogP contribution is 2.22. The quantitative estimate of drug-likeness (QED) is 0.843. The van der Waals surface area contributed by atoms with Crippen LogP contribution in [0.2, 0.25) is 0 Å². The molecule has 0 amide bonds. The molecular formula is C13H12N2O3. The molecule has 0 saturated carbocycles. The third kappa shape index (κ3) is 2.29. The Hall–Kier alpha value is -2.43. The van der Waals surface area contributed by atoms with E-state index in [0.717, 1.165) is 16.7 Å². The summed E-state index contributed by atoms with van der Waals surface area (Å²) in [5, 5.41) is 8.91. The Kier molecular flexibility index (Phi) is 2.97. The molecule has 2 N–H and O–H groups in total. The van der Waals surface area contributed by atoms with Crippen molar-refractivity contribution in [3.8, 4) is 11.3 Å². The summed E-state index contributed by atoms with van der Waals surface area (Å²) >= 11 is 0. The molecule has 1 heterocycles. The van der Waals surface area contributed by atoms with Gasteiger partial charge in [-0.3, -0.25) is 4.98 Å². The van der Waals surface area contributed by atoms with Crippen LogP contribution < -0.4 is 5.69 Å². The fraction of sp³-hybridized carbons (Fsp3) is 0.154. The van der Waals surface area contributed by atoms with Crippen LogP contribution in [0.5, 0.6) is 0 Å². The summed E-state index contributed by atoms with van der Waals surface area (Å²) in [6.07, 6.45) is 0. The van der Waals surface area contributed by atoms with E-state index in [1.165, 1.54) is 6.07 Å². The molecule has 18 heavy (non-hydrogen) atoms. The fourth-order valence-corrected chi connectivity index (χ4v) is 1.72. The van der Waals surface area contributed by atoms with Gasteiger partial charge in [0.1, 0.15) is 5.69 Å². The number of nitrogens with one attached hydrogen (secondary N) is 1. The topological polar surface area (TPSA) is 83.0 Å². The average Bonchev–Trinajstić information content (AvgIpc) is 2.31. The molecule has 5 nitrogen and oxygen atoms in total. The molecule has 0 aliphatic heterocycles. The third-order valence-corrected chi connectivity index (χ3v) is 2.64. The molecule has 2 aromatic rings. The van der Waals surface area contributed by atoms with Crippen LogP contribution in [0.1, 0.15) is 21.6 Å². The Balaban J connectivity index is 2.67. The van der Waals surface area contributed by atoms with E-state index >= 15 is 0 Å². The predicted octanol–water partition coefficient (Wildman–Crippen LogP) is 1.75. The van der Waals surface area contributed by atoms with E-state index in [2.05, 4.69) is 9.97 Å². The number of H-pyrrole nitrogens is 1. The number of hydrogen-bond acceptors (Lipinski definition) is 3. The van der Waals surface area contributed by atoms with Gasteiger partial charge in [0.05, 0.1) is 5.69 Å². The standard InChI is InChI=1S/C13H12N2O3/c1-7-3-4-8(2)9(5-7)10-6-11(12(16)17)15-13(18)14-10/h3-6H,1-2H3,(H,16,17)(H,14,15,18). The predicted molar refractivity (Wildman–Crippen MR) is 66.7 cm³/mol. The van der Waals surface area contributed by atoms with Crippen molar-refractivity contribution in [1.82, 2.24) is 9.97 Å². The van der Waals surface area contributed by atoms with Gasteiger partial charge in [0.15, 0.2) is 0 Å². The third-order valence-electron chi connectivity index (χ3n) is 2.64. The molecule has 0 spiro atoms. The van der Waals surface area contributed by atoms with Crippen molar-refractivity contribution < 1.29 is 9.90 Å². The lowest BCUT2D eigenvalue weighted by Crippen LogP contribution is -2.16. The van der Waals surface area contributed by atoms with Gasteiger partial charge in [0.25, 0.3) is 0 Å². The lowest BCUT2D eigenvalue weighted by molar-refractivity contribution is 0.0690. The van der Waals surface area contributed by atoms with E-state index in [-0.39, 0.29) is 5.69 Å². The first-order valence-electron chi connectivity index (χ1n) is 5.39. The second kappa shape index (κ2) is 4.44. The SMILES string of the molecule is Cc1ccc(C)c(-c2cc(C(=O)O)[nH]c(=O)n2)c1. The Labute approximate surface area is 103 Å². The van der Waals surface area contributed by atoms with Crippen molar-refractivity contribution in [3.63, 3.8) is 0 Å². The normalized spacial score (nSPS) is 10.3. The van der Waals surface area contributed by atoms with Crippen LogP contribution in [0, 0.1) is 13.8 Å². The zero-order chi connectivity index (χ0) is 13.3. The molecular weight excluding hydrogens is 232 g/mol. The lowest BCUT2D eigenvalue weighted by Gasteiger charge is -2.06. The first-order chi connectivity index (χ1) is 8.47. The Morgan fingerprint density at radius 1 is 1.28 bits per heavy atom. The van der Waals surface area contributed by atoms with Crippen molar-refractivity contribution in [2.24, 2.45) is 0 Å². The van der Waals surface area contributed by atoms with Crippen LogP contribution >= 0.6 is 0 Å². The van der Waals surface area contributed by atoms with Crippen LogP contribution in [0.15, 0.2) is 29.1 Å². The van der Waals surface area contributed by atoms with Crippen LogP contribution in [-0.4, -0.2) is 21.0 Å². The van der Waals surface area contributed by atoms with Gasteiger partial charge in [0, 0.05) is 5.56 Å². The van der Waals surface area contributed by atoms with Gasteiger partial charge in [0.2, 0.25) is 0 Å². The molecule has 2 rings (SSSR count). The molecule has 0 aliphatic carbocycles. The zero-order valence-corrected chi connectivity index (χ0v) is 10.0. The zero-order valence-electron chi connectivity index (χ0n) is 10.0. The summed E-state index contributed by atoms with van der Waals surface area (Å²) < 4.78 is 0. The van der Waals surface area contributed by atoms with Gasteiger partial charge in [-0.05, 0) is 31.5 Å². The van der Waals surface area contributed by atoms with Gasteiger partial charge < -0.3 is 5.11 Å². The lowest BCUT2D eigenvalue weighted by atomic mass is 10.0. The minimum atomic E-state index is -1.18. The molecule has 92 valence electrons. The maximum atomic E-state index is 11.4. The van der Waals surface area contributed by atoms with Crippen LogP contribution in [-0.2, 0) is 0 Å². The van der Waals surface area contributed by atoms with Crippen molar-refractivity contribution in [2.45, 2.75) is 13.8 Å². The van der Waals surface area contributed by atoms with E-state index < -0.39 is 11.7 Å². The highest BCUT2D eigenvalue weighted by Gasteiger charge is 2.10. The maximum Gasteiger partial charge on any atom is 0.352 e. The number of aromatic nitrogens is 2. The number of nitrogens with zero attached hydrogens (tertiary/aromatic N) is 1. The van der Waals surface area contributed by atoms with Gasteiger partial charge in [-0.25, -0.2) is 9.59 Å². The van der Waals surface area contributed by atoms with Crippen LogP contribution in [0.3, 0.4) is 0 Å². The van der Waals surface area contributed by atoms with Crippen molar-refractivity contribution in [2.75, 3.05) is 0 Å². The molecule has 0 saturated heterocycles. The number of rotatable bonds is 2. The number of aromatic amines is 1. The monoisotopic (exact) mass is 244 g/mol. The van der Waals surface area contributed by atoms with Crippen molar-refractivity contribution in [1.29, 1.82) is 0 Å². The summed E-state index contributed by atoms with van der Waals surface area (Å²) in [4.78, 5) is 28.2. The van der Waals surface area contributed by atoms with E-state index in [4.69, 9.17) is 5.11 Å². The highest BCUT2D eigenvalue weighted by atomic mass is 16.4. The van der Waals surface area contributed by atoms with E-state index in [1.54, 1.807) is 0 Å². The molecule has 1 aromatic heterocycles. The first-order valence-corrected chi connectivity index (χ1v) is 5.39.